The number of hydrogen-bond acceptors (Lipinski definition) is 5. The van der Waals surface area contributed by atoms with Crippen LogP contribution in [0.4, 0.5) is 4.79 Å². The first-order chi connectivity index (χ1) is 10.6. The molecule has 2 atom stereocenters. The molecule has 0 aromatic rings. The molecule has 0 bridgehead atoms. The molecule has 0 amide bonds. The quantitative estimate of drug-likeness (QED) is 0.630. The molecule has 1 aliphatic carbocycles. The fraction of sp³-hybridized carbons (Fsp3) is 0.667. The van der Waals surface area contributed by atoms with Crippen LogP contribution < -0.4 is 0 Å². The van der Waals surface area contributed by atoms with Gasteiger partial charge in [-0.25, -0.2) is 4.79 Å². The summed E-state index contributed by atoms with van der Waals surface area (Å²) in [5, 5.41) is 9.22. The Balaban J connectivity index is 0.000000515. The molecule has 2 unspecified atom stereocenters. The van der Waals surface area contributed by atoms with Crippen molar-refractivity contribution in [1.29, 1.82) is 0 Å². The highest BCUT2D eigenvalue weighted by atomic mass is 16.7. The van der Waals surface area contributed by atoms with Gasteiger partial charge in [-0.2, -0.15) is 0 Å². The molecule has 5 heteroatoms. The van der Waals surface area contributed by atoms with Crippen LogP contribution in [0.3, 0.4) is 0 Å². The van der Waals surface area contributed by atoms with E-state index in [0.717, 1.165) is 5.57 Å². The van der Waals surface area contributed by atoms with Crippen molar-refractivity contribution in [2.75, 3.05) is 13.2 Å². The van der Waals surface area contributed by atoms with Crippen molar-refractivity contribution >= 4 is 11.9 Å². The van der Waals surface area contributed by atoms with Gasteiger partial charge in [-0.3, -0.25) is 4.79 Å². The second-order valence-electron chi connectivity index (χ2n) is 6.24. The first-order valence-corrected chi connectivity index (χ1v) is 8.01. The molecule has 1 N–H and O–H groups in total. The van der Waals surface area contributed by atoms with Crippen LogP contribution in [0.2, 0.25) is 0 Å². The number of aliphatic hydroxyl groups is 1. The van der Waals surface area contributed by atoms with Gasteiger partial charge in [-0.05, 0) is 39.2 Å². The number of carbonyl (C=O) groups excluding carboxylic acids is 2. The number of ketones is 1. The second-order valence-corrected chi connectivity index (χ2v) is 6.24. The Morgan fingerprint density at radius 1 is 1.39 bits per heavy atom. The first kappa shape index (κ1) is 21.4. The molecule has 0 saturated carbocycles. The zero-order valence-corrected chi connectivity index (χ0v) is 15.1. The Bertz CT molecular complexity index is 438. The fourth-order valence-corrected chi connectivity index (χ4v) is 2.53. The molecule has 0 saturated heterocycles. The van der Waals surface area contributed by atoms with Crippen molar-refractivity contribution in [3.63, 3.8) is 0 Å². The van der Waals surface area contributed by atoms with Crippen molar-refractivity contribution < 1.29 is 24.2 Å². The number of aliphatic hydroxyl groups excluding tert-OH is 1. The monoisotopic (exact) mass is 326 g/mol. The molecule has 23 heavy (non-hydrogen) atoms. The number of carbonyl (C=O) groups is 2. The predicted octanol–water partition coefficient (Wildman–Crippen LogP) is 3.66. The molecule has 0 aromatic heterocycles. The lowest BCUT2D eigenvalue weighted by molar-refractivity contribution is -0.117. The second kappa shape index (κ2) is 10.2. The highest BCUT2D eigenvalue weighted by Crippen LogP contribution is 2.40. The smallest absolute Gasteiger partial charge is 0.435 e. The van der Waals surface area contributed by atoms with Crippen LogP contribution in [0.25, 0.3) is 0 Å². The van der Waals surface area contributed by atoms with Crippen molar-refractivity contribution in [3.8, 4) is 0 Å². The maximum atomic E-state index is 11.4. The normalized spacial score (nSPS) is 21.1. The molecule has 0 fully saturated rings. The highest BCUT2D eigenvalue weighted by Gasteiger charge is 2.34. The summed E-state index contributed by atoms with van der Waals surface area (Å²) in [5.41, 5.74) is 1.05. The number of hydrogen-bond donors (Lipinski definition) is 1. The maximum absolute atomic E-state index is 11.4. The molecule has 1 aliphatic rings. The van der Waals surface area contributed by atoms with Gasteiger partial charge in [0.25, 0.3) is 0 Å². The minimum Gasteiger partial charge on any atom is -0.435 e. The molecule has 0 radical (unpaired) electrons. The fourth-order valence-electron chi connectivity index (χ4n) is 2.53. The third-order valence-electron chi connectivity index (χ3n) is 3.46. The van der Waals surface area contributed by atoms with Crippen molar-refractivity contribution in [2.24, 2.45) is 11.3 Å². The van der Waals surface area contributed by atoms with Gasteiger partial charge < -0.3 is 14.6 Å². The van der Waals surface area contributed by atoms with E-state index in [2.05, 4.69) is 23.3 Å². The van der Waals surface area contributed by atoms with Gasteiger partial charge in [-0.15, -0.1) is 0 Å². The Morgan fingerprint density at radius 2 is 1.91 bits per heavy atom. The van der Waals surface area contributed by atoms with Gasteiger partial charge in [-0.1, -0.05) is 31.6 Å². The third-order valence-corrected chi connectivity index (χ3v) is 3.46. The van der Waals surface area contributed by atoms with Crippen molar-refractivity contribution in [3.05, 3.63) is 23.8 Å². The van der Waals surface area contributed by atoms with Crippen LogP contribution in [0.15, 0.2) is 23.8 Å². The third kappa shape index (κ3) is 8.55. The zero-order valence-electron chi connectivity index (χ0n) is 15.1. The summed E-state index contributed by atoms with van der Waals surface area (Å²) in [5.74, 6) is 0.462. The largest absolute Gasteiger partial charge is 0.508 e. The summed E-state index contributed by atoms with van der Waals surface area (Å²) >= 11 is 0. The summed E-state index contributed by atoms with van der Waals surface area (Å²) in [6.45, 7) is 12.1. The lowest BCUT2D eigenvalue weighted by atomic mass is 9.68. The maximum Gasteiger partial charge on any atom is 0.508 e. The topological polar surface area (TPSA) is 72.8 Å². The Hall–Kier alpha value is -1.62. The number of allylic oxidation sites excluding steroid dienone is 3. The van der Waals surface area contributed by atoms with Gasteiger partial charge in [0, 0.05) is 12.3 Å². The number of rotatable bonds is 4. The van der Waals surface area contributed by atoms with E-state index >= 15 is 0 Å². The van der Waals surface area contributed by atoms with Crippen LogP contribution in [-0.2, 0) is 14.3 Å². The molecule has 0 aromatic carbocycles. The molecule has 1 rings (SSSR count). The molecule has 5 nitrogen and oxygen atoms in total. The van der Waals surface area contributed by atoms with Crippen LogP contribution in [0.5, 0.6) is 0 Å². The van der Waals surface area contributed by atoms with E-state index in [1.54, 1.807) is 32.9 Å². The Kier molecular flexibility index (Phi) is 9.49. The predicted molar refractivity (Wildman–Crippen MR) is 90.1 cm³/mol. The average molecular weight is 326 g/mol. The molecular weight excluding hydrogens is 296 g/mol. The minimum atomic E-state index is -0.588. The first-order valence-electron chi connectivity index (χ1n) is 8.01. The van der Waals surface area contributed by atoms with E-state index < -0.39 is 12.3 Å². The van der Waals surface area contributed by atoms with E-state index in [1.807, 2.05) is 13.0 Å². The zero-order chi connectivity index (χ0) is 18.0. The van der Waals surface area contributed by atoms with E-state index in [-0.39, 0.29) is 17.1 Å². The van der Waals surface area contributed by atoms with E-state index in [9.17, 15) is 14.7 Å². The molecule has 0 aliphatic heterocycles. The number of ether oxygens (including phenoxy) is 2. The molecular formula is C18H30O5. The van der Waals surface area contributed by atoms with E-state index in [1.165, 1.54) is 0 Å². The van der Waals surface area contributed by atoms with Crippen molar-refractivity contribution in [1.82, 2.24) is 0 Å². The summed E-state index contributed by atoms with van der Waals surface area (Å²) < 4.78 is 8.84. The Morgan fingerprint density at radius 3 is 2.30 bits per heavy atom. The Labute approximate surface area is 139 Å². The molecule has 0 heterocycles. The lowest BCUT2D eigenvalue weighted by Gasteiger charge is -2.35. The summed E-state index contributed by atoms with van der Waals surface area (Å²) in [6.07, 6.45) is 5.10. The van der Waals surface area contributed by atoms with Gasteiger partial charge in [0.1, 0.15) is 0 Å². The van der Waals surface area contributed by atoms with Gasteiger partial charge in [0.2, 0.25) is 0 Å². The summed E-state index contributed by atoms with van der Waals surface area (Å²) in [6, 6.07) is 0. The minimum absolute atomic E-state index is 0.0404. The van der Waals surface area contributed by atoms with Crippen molar-refractivity contribution in [2.45, 2.75) is 54.1 Å². The molecule has 132 valence electrons. The van der Waals surface area contributed by atoms with E-state index in [4.69, 9.17) is 0 Å². The standard InChI is InChI=1S/C13H20O2.C5H10O3/c1-9-7-11(15)8-13(3,4)12(9)6-5-10(2)14;1-3-7-5(6)8-4-2/h5-7,10,12,14H,8H2,1-4H3;3-4H2,1-2H3/b6-5+;. The summed E-state index contributed by atoms with van der Waals surface area (Å²) in [4.78, 5) is 21.6. The van der Waals surface area contributed by atoms with Crippen LogP contribution in [0, 0.1) is 11.3 Å². The van der Waals surface area contributed by atoms with Crippen LogP contribution >= 0.6 is 0 Å². The summed E-state index contributed by atoms with van der Waals surface area (Å²) in [7, 11) is 0. The van der Waals surface area contributed by atoms with Gasteiger partial charge in [0.05, 0.1) is 19.3 Å². The van der Waals surface area contributed by atoms with Crippen LogP contribution in [-0.4, -0.2) is 36.4 Å². The molecule has 0 spiro atoms. The lowest BCUT2D eigenvalue weighted by Crippen LogP contribution is -2.30. The van der Waals surface area contributed by atoms with E-state index in [0.29, 0.717) is 19.6 Å². The highest BCUT2D eigenvalue weighted by molar-refractivity contribution is 5.92. The van der Waals surface area contributed by atoms with Gasteiger partial charge >= 0.3 is 6.16 Å². The average Bonchev–Trinajstić information content (AvgIpc) is 2.37. The van der Waals surface area contributed by atoms with Gasteiger partial charge in [0.15, 0.2) is 5.78 Å². The van der Waals surface area contributed by atoms with Crippen LogP contribution in [0.1, 0.15) is 48.0 Å². The SMILES string of the molecule is CC1=CC(=O)CC(C)(C)C1/C=C/C(C)O.CCOC(=O)OCC.